The molecule has 0 radical (unpaired) electrons. The van der Waals surface area contributed by atoms with Gasteiger partial charge < -0.3 is 10.1 Å². The summed E-state index contributed by atoms with van der Waals surface area (Å²) in [7, 11) is 0. The zero-order chi connectivity index (χ0) is 23.8. The van der Waals surface area contributed by atoms with Crippen molar-refractivity contribution >= 4 is 29.0 Å². The third kappa shape index (κ3) is 6.35. The minimum atomic E-state index is -0.376. The molecule has 0 spiro atoms. The summed E-state index contributed by atoms with van der Waals surface area (Å²) < 4.78 is 5.06. The molecule has 2 heterocycles. The van der Waals surface area contributed by atoms with Crippen molar-refractivity contribution in [3.63, 3.8) is 0 Å². The van der Waals surface area contributed by atoms with Gasteiger partial charge in [0.1, 0.15) is 17.1 Å². The van der Waals surface area contributed by atoms with E-state index in [0.29, 0.717) is 35.0 Å². The summed E-state index contributed by atoms with van der Waals surface area (Å²) in [5.41, 5.74) is 3.76. The lowest BCUT2D eigenvalue weighted by atomic mass is 10.1. The minimum Gasteiger partial charge on any atom is -0.427 e. The van der Waals surface area contributed by atoms with Crippen molar-refractivity contribution in [2.24, 2.45) is 0 Å². The number of rotatable bonds is 8. The average Bonchev–Trinajstić information content (AvgIpc) is 2.84. The van der Waals surface area contributed by atoms with Crippen molar-refractivity contribution in [2.45, 2.75) is 26.2 Å². The standard InChI is InChI=1S/C26H25N5O3/c1-18(32)34-21-12-10-20(11-13-21)23-17-28-22-14-15-24(30-25(22)29-23)31-26(33)27-16-6-5-9-19-7-3-2-4-8-19/h2-4,7-8,10-15,17H,5-6,9,16H2,1H3,(H2,27,29,30,31,33). The lowest BCUT2D eigenvalue weighted by Crippen LogP contribution is -2.29. The maximum atomic E-state index is 12.2. The number of hydrogen-bond donors (Lipinski definition) is 2. The Balaban J connectivity index is 1.33. The Labute approximate surface area is 197 Å². The third-order valence-electron chi connectivity index (χ3n) is 5.08. The number of carbonyl (C=O) groups is 2. The number of aromatic nitrogens is 3. The highest BCUT2D eigenvalue weighted by Gasteiger charge is 2.08. The number of urea groups is 1. The van der Waals surface area contributed by atoms with E-state index in [-0.39, 0.29) is 12.0 Å². The Morgan fingerprint density at radius 2 is 1.71 bits per heavy atom. The van der Waals surface area contributed by atoms with Gasteiger partial charge in [0.15, 0.2) is 5.65 Å². The largest absolute Gasteiger partial charge is 0.427 e. The van der Waals surface area contributed by atoms with Crippen LogP contribution in [0.5, 0.6) is 5.75 Å². The van der Waals surface area contributed by atoms with Crippen LogP contribution in [0.3, 0.4) is 0 Å². The Hall–Kier alpha value is -4.33. The van der Waals surface area contributed by atoms with Gasteiger partial charge in [-0.15, -0.1) is 0 Å². The second kappa shape index (κ2) is 11.0. The molecule has 0 aliphatic heterocycles. The molecule has 172 valence electrons. The van der Waals surface area contributed by atoms with Gasteiger partial charge in [-0.05, 0) is 61.2 Å². The summed E-state index contributed by atoms with van der Waals surface area (Å²) in [6.45, 7) is 1.94. The van der Waals surface area contributed by atoms with Crippen LogP contribution in [0, 0.1) is 0 Å². The summed E-state index contributed by atoms with van der Waals surface area (Å²) in [4.78, 5) is 36.7. The van der Waals surface area contributed by atoms with Gasteiger partial charge in [-0.3, -0.25) is 15.1 Å². The Morgan fingerprint density at radius 1 is 0.912 bits per heavy atom. The molecule has 4 aromatic rings. The Kier molecular flexibility index (Phi) is 7.39. The number of nitrogens with one attached hydrogen (secondary N) is 2. The van der Waals surface area contributed by atoms with E-state index in [0.717, 1.165) is 24.8 Å². The molecule has 2 amide bonds. The molecule has 2 aromatic heterocycles. The first-order chi connectivity index (χ1) is 16.6. The molecule has 0 bridgehead atoms. The molecule has 0 atom stereocenters. The van der Waals surface area contributed by atoms with Crippen LogP contribution >= 0.6 is 0 Å². The van der Waals surface area contributed by atoms with Crippen molar-refractivity contribution in [1.82, 2.24) is 20.3 Å². The molecule has 0 saturated carbocycles. The number of hydrogen-bond acceptors (Lipinski definition) is 6. The second-order valence-electron chi connectivity index (χ2n) is 7.74. The van der Waals surface area contributed by atoms with Gasteiger partial charge in [-0.1, -0.05) is 30.3 Å². The maximum Gasteiger partial charge on any atom is 0.320 e. The lowest BCUT2D eigenvalue weighted by molar-refractivity contribution is -0.131. The number of pyridine rings is 1. The van der Waals surface area contributed by atoms with Gasteiger partial charge >= 0.3 is 12.0 Å². The molecule has 8 heteroatoms. The number of amides is 2. The van der Waals surface area contributed by atoms with Crippen LogP contribution in [-0.2, 0) is 11.2 Å². The summed E-state index contributed by atoms with van der Waals surface area (Å²) in [5.74, 6) is 0.477. The topological polar surface area (TPSA) is 106 Å². The van der Waals surface area contributed by atoms with Crippen LogP contribution in [0.4, 0.5) is 10.6 Å². The number of anilines is 1. The third-order valence-corrected chi connectivity index (χ3v) is 5.08. The van der Waals surface area contributed by atoms with Crippen LogP contribution in [0.2, 0.25) is 0 Å². The van der Waals surface area contributed by atoms with Crippen molar-refractivity contribution < 1.29 is 14.3 Å². The molecule has 0 unspecified atom stereocenters. The highest BCUT2D eigenvalue weighted by molar-refractivity contribution is 5.89. The fourth-order valence-corrected chi connectivity index (χ4v) is 3.43. The van der Waals surface area contributed by atoms with Gasteiger partial charge in [-0.25, -0.2) is 14.8 Å². The summed E-state index contributed by atoms with van der Waals surface area (Å²) >= 11 is 0. The molecule has 0 fully saturated rings. The number of carbonyl (C=O) groups excluding carboxylic acids is 2. The fourth-order valence-electron chi connectivity index (χ4n) is 3.43. The van der Waals surface area contributed by atoms with E-state index in [1.54, 1.807) is 42.6 Å². The number of benzene rings is 2. The highest BCUT2D eigenvalue weighted by atomic mass is 16.5. The van der Waals surface area contributed by atoms with Crippen LogP contribution in [0.25, 0.3) is 22.4 Å². The molecule has 8 nitrogen and oxygen atoms in total. The van der Waals surface area contributed by atoms with Crippen molar-refractivity contribution in [3.8, 4) is 17.0 Å². The second-order valence-corrected chi connectivity index (χ2v) is 7.74. The number of nitrogens with zero attached hydrogens (tertiary/aromatic N) is 3. The van der Waals surface area contributed by atoms with Crippen molar-refractivity contribution in [3.05, 3.63) is 78.5 Å². The normalized spacial score (nSPS) is 10.6. The molecule has 2 N–H and O–H groups in total. The average molecular weight is 456 g/mol. The molecule has 4 rings (SSSR count). The predicted octanol–water partition coefficient (Wildman–Crippen LogP) is 4.76. The Bertz CT molecular complexity index is 1280. The minimum absolute atomic E-state index is 0.309. The monoisotopic (exact) mass is 455 g/mol. The van der Waals surface area contributed by atoms with Gasteiger partial charge in [0.2, 0.25) is 0 Å². The quantitative estimate of drug-likeness (QED) is 0.225. The molecule has 0 saturated heterocycles. The fraction of sp³-hybridized carbons (Fsp3) is 0.192. The van der Waals surface area contributed by atoms with E-state index in [9.17, 15) is 9.59 Å². The van der Waals surface area contributed by atoms with Gasteiger partial charge in [0, 0.05) is 19.0 Å². The predicted molar refractivity (Wildman–Crippen MR) is 130 cm³/mol. The smallest absolute Gasteiger partial charge is 0.320 e. The number of fused-ring (bicyclic) bond motifs is 1. The van der Waals surface area contributed by atoms with E-state index in [2.05, 4.69) is 37.7 Å². The maximum absolute atomic E-state index is 12.2. The first-order valence-electron chi connectivity index (χ1n) is 11.1. The molecule has 0 aliphatic rings. The summed E-state index contributed by atoms with van der Waals surface area (Å²) in [6, 6.07) is 20.4. The molecular formula is C26H25N5O3. The van der Waals surface area contributed by atoms with E-state index < -0.39 is 0 Å². The van der Waals surface area contributed by atoms with E-state index >= 15 is 0 Å². The number of esters is 1. The zero-order valence-electron chi connectivity index (χ0n) is 18.8. The molecule has 34 heavy (non-hydrogen) atoms. The van der Waals surface area contributed by atoms with E-state index in [1.165, 1.54) is 12.5 Å². The lowest BCUT2D eigenvalue weighted by Gasteiger charge is -2.08. The van der Waals surface area contributed by atoms with Gasteiger partial charge in [-0.2, -0.15) is 0 Å². The van der Waals surface area contributed by atoms with Crippen LogP contribution in [-0.4, -0.2) is 33.5 Å². The van der Waals surface area contributed by atoms with Gasteiger partial charge in [0.05, 0.1) is 11.9 Å². The first kappa shape index (κ1) is 22.8. The number of unbranched alkanes of at least 4 members (excludes halogenated alkanes) is 1. The van der Waals surface area contributed by atoms with Gasteiger partial charge in [0.25, 0.3) is 0 Å². The van der Waals surface area contributed by atoms with E-state index in [4.69, 9.17) is 4.74 Å². The Morgan fingerprint density at radius 3 is 2.47 bits per heavy atom. The molecule has 2 aromatic carbocycles. The number of ether oxygens (including phenoxy) is 1. The molecular weight excluding hydrogens is 430 g/mol. The summed E-state index contributed by atoms with van der Waals surface area (Å²) in [6.07, 6.45) is 4.53. The highest BCUT2D eigenvalue weighted by Crippen LogP contribution is 2.22. The molecule has 0 aliphatic carbocycles. The first-order valence-corrected chi connectivity index (χ1v) is 11.1. The van der Waals surface area contributed by atoms with Crippen molar-refractivity contribution in [2.75, 3.05) is 11.9 Å². The summed E-state index contributed by atoms with van der Waals surface area (Å²) in [5, 5.41) is 5.61. The van der Waals surface area contributed by atoms with Crippen LogP contribution < -0.4 is 15.4 Å². The number of aryl methyl sites for hydroxylation is 1. The SMILES string of the molecule is CC(=O)Oc1ccc(-c2cnc3ccc(NC(=O)NCCCCc4ccccc4)nc3n2)cc1. The van der Waals surface area contributed by atoms with Crippen LogP contribution in [0.15, 0.2) is 72.9 Å². The van der Waals surface area contributed by atoms with Crippen LogP contribution in [0.1, 0.15) is 25.3 Å². The van der Waals surface area contributed by atoms with Crippen molar-refractivity contribution in [1.29, 1.82) is 0 Å². The van der Waals surface area contributed by atoms with E-state index in [1.807, 2.05) is 18.2 Å². The zero-order valence-corrected chi connectivity index (χ0v) is 18.8.